The highest BCUT2D eigenvalue weighted by Gasteiger charge is 2.39. The first kappa shape index (κ1) is 31.6. The number of amides is 3. The number of hydrogen-bond donors (Lipinski definition) is 6. The Kier molecular flexibility index (Phi) is 9.35. The van der Waals surface area contributed by atoms with Crippen molar-refractivity contribution in [1.29, 1.82) is 0 Å². The number of fused-ring (bicyclic) bond motifs is 2. The Labute approximate surface area is 271 Å². The van der Waals surface area contributed by atoms with Gasteiger partial charge in [0.25, 0.3) is 0 Å². The maximum Gasteiger partial charge on any atom is 0.326 e. The van der Waals surface area contributed by atoms with Crippen LogP contribution >= 0.6 is 0 Å². The Morgan fingerprint density at radius 3 is 2.02 bits per heavy atom. The minimum atomic E-state index is -1.16. The first-order valence-corrected chi connectivity index (χ1v) is 15.8. The lowest BCUT2D eigenvalue weighted by molar-refractivity contribution is -0.144. The Bertz CT molecular complexity index is 1900. The number of H-pyrrole nitrogens is 2. The van der Waals surface area contributed by atoms with Gasteiger partial charge in [0.05, 0.1) is 6.04 Å². The molecule has 3 amide bonds. The number of nitrogens with zero attached hydrogens (tertiary/aromatic N) is 1. The Morgan fingerprint density at radius 2 is 1.38 bits per heavy atom. The number of benzene rings is 3. The van der Waals surface area contributed by atoms with E-state index < -0.39 is 47.9 Å². The fraction of sp³-hybridized carbons (Fsp3) is 0.278. The van der Waals surface area contributed by atoms with Gasteiger partial charge in [-0.2, -0.15) is 0 Å². The van der Waals surface area contributed by atoms with Crippen LogP contribution in [0.25, 0.3) is 21.8 Å². The monoisotopic (exact) mass is 634 g/mol. The smallest absolute Gasteiger partial charge is 0.326 e. The second-order valence-electron chi connectivity index (χ2n) is 12.1. The second-order valence-corrected chi connectivity index (χ2v) is 12.1. The molecule has 1 aliphatic rings. The third-order valence-electron chi connectivity index (χ3n) is 8.90. The number of carboxylic acids is 1. The number of carboxylic acid groups (broad SMARTS) is 1. The zero-order valence-corrected chi connectivity index (χ0v) is 25.8. The number of aromatic nitrogens is 2. The van der Waals surface area contributed by atoms with E-state index in [1.54, 1.807) is 12.1 Å². The van der Waals surface area contributed by atoms with Gasteiger partial charge in [-0.3, -0.25) is 14.4 Å². The number of nitrogens with one attached hydrogen (secondary N) is 4. The summed E-state index contributed by atoms with van der Waals surface area (Å²) in [6.45, 7) is 0.301. The summed E-state index contributed by atoms with van der Waals surface area (Å²) in [5, 5.41) is 17.3. The molecule has 5 aromatic rings. The van der Waals surface area contributed by atoms with Crippen molar-refractivity contribution in [3.8, 4) is 0 Å². The number of para-hydroxylation sites is 2. The van der Waals surface area contributed by atoms with Gasteiger partial charge in [0, 0.05) is 53.6 Å². The van der Waals surface area contributed by atoms with E-state index in [2.05, 4.69) is 20.6 Å². The topological polar surface area (TPSA) is 173 Å². The fourth-order valence-electron chi connectivity index (χ4n) is 6.45. The van der Waals surface area contributed by atoms with E-state index in [1.165, 1.54) is 4.90 Å². The first-order valence-electron chi connectivity index (χ1n) is 15.8. The number of carbonyl (C=O) groups excluding carboxylic acids is 3. The molecule has 0 saturated carbocycles. The lowest BCUT2D eigenvalue weighted by atomic mass is 10.0. The van der Waals surface area contributed by atoms with Crippen molar-refractivity contribution in [1.82, 2.24) is 25.5 Å². The molecule has 242 valence electrons. The van der Waals surface area contributed by atoms with E-state index in [1.807, 2.05) is 79.1 Å². The Morgan fingerprint density at radius 1 is 0.787 bits per heavy atom. The van der Waals surface area contributed by atoms with Crippen molar-refractivity contribution >= 4 is 45.5 Å². The molecular weight excluding hydrogens is 596 g/mol. The maximum absolute atomic E-state index is 14.2. The fourth-order valence-corrected chi connectivity index (χ4v) is 6.45. The van der Waals surface area contributed by atoms with Crippen LogP contribution < -0.4 is 16.4 Å². The summed E-state index contributed by atoms with van der Waals surface area (Å²) in [4.78, 5) is 61.3. The molecule has 3 heterocycles. The molecule has 6 rings (SSSR count). The largest absolute Gasteiger partial charge is 0.480 e. The summed E-state index contributed by atoms with van der Waals surface area (Å²) in [6.07, 6.45) is 5.13. The number of likely N-dealkylation sites (tertiary alicyclic amines) is 1. The van der Waals surface area contributed by atoms with E-state index in [0.717, 1.165) is 38.5 Å². The van der Waals surface area contributed by atoms with Crippen LogP contribution in [0.15, 0.2) is 91.3 Å². The van der Waals surface area contributed by atoms with Gasteiger partial charge in [0.15, 0.2) is 0 Å². The summed E-state index contributed by atoms with van der Waals surface area (Å²) < 4.78 is 0. The van der Waals surface area contributed by atoms with E-state index >= 15 is 0 Å². The minimum absolute atomic E-state index is 0.107. The van der Waals surface area contributed by atoms with Crippen LogP contribution in [0, 0.1) is 0 Å². The highest BCUT2D eigenvalue weighted by Crippen LogP contribution is 2.24. The van der Waals surface area contributed by atoms with Crippen molar-refractivity contribution in [2.45, 2.75) is 56.3 Å². The van der Waals surface area contributed by atoms with Crippen LogP contribution in [0.2, 0.25) is 0 Å². The summed E-state index contributed by atoms with van der Waals surface area (Å²) in [7, 11) is 0. The van der Waals surface area contributed by atoms with E-state index in [4.69, 9.17) is 5.73 Å². The predicted octanol–water partition coefficient (Wildman–Crippen LogP) is 3.05. The normalized spacial score (nSPS) is 16.5. The summed E-state index contributed by atoms with van der Waals surface area (Å²) in [5.41, 5.74) is 10.7. The Balaban J connectivity index is 1.21. The van der Waals surface area contributed by atoms with Crippen LogP contribution in [0.5, 0.6) is 0 Å². The van der Waals surface area contributed by atoms with Gasteiger partial charge in [-0.25, -0.2) is 4.79 Å². The second kappa shape index (κ2) is 13.9. The van der Waals surface area contributed by atoms with Crippen molar-refractivity contribution in [2.24, 2.45) is 5.73 Å². The SMILES string of the molecule is NC(Cc1c[nH]c2ccccc12)C(=O)NC(Cc1c[nH]c2ccccc12)C(=O)N1CCCC1C(=O)NC(Cc1ccccc1)C(=O)O. The quantitative estimate of drug-likeness (QED) is 0.123. The average Bonchev–Trinajstić information content (AvgIpc) is 3.83. The molecule has 0 spiro atoms. The van der Waals surface area contributed by atoms with E-state index in [0.29, 0.717) is 19.4 Å². The molecule has 1 aliphatic heterocycles. The number of rotatable bonds is 12. The van der Waals surface area contributed by atoms with Gasteiger partial charge >= 0.3 is 5.97 Å². The summed E-state index contributed by atoms with van der Waals surface area (Å²) in [6, 6.07) is 20.5. The average molecular weight is 635 g/mol. The van der Waals surface area contributed by atoms with E-state index in [-0.39, 0.29) is 19.3 Å². The minimum Gasteiger partial charge on any atom is -0.480 e. The molecule has 4 unspecified atom stereocenters. The van der Waals surface area contributed by atoms with Crippen LogP contribution in [0.3, 0.4) is 0 Å². The van der Waals surface area contributed by atoms with Gasteiger partial charge < -0.3 is 36.3 Å². The zero-order chi connectivity index (χ0) is 32.9. The lowest BCUT2D eigenvalue weighted by Crippen LogP contribution is -2.57. The van der Waals surface area contributed by atoms with Crippen molar-refractivity contribution in [2.75, 3.05) is 6.54 Å². The highest BCUT2D eigenvalue weighted by molar-refractivity contribution is 5.95. The molecule has 4 atom stereocenters. The van der Waals surface area contributed by atoms with Crippen molar-refractivity contribution in [3.63, 3.8) is 0 Å². The number of carbonyl (C=O) groups is 4. The molecule has 0 radical (unpaired) electrons. The van der Waals surface area contributed by atoms with Crippen molar-refractivity contribution < 1.29 is 24.3 Å². The molecular formula is C36H38N6O5. The molecule has 11 heteroatoms. The molecule has 0 aliphatic carbocycles. The van der Waals surface area contributed by atoms with E-state index in [9.17, 15) is 24.3 Å². The summed E-state index contributed by atoms with van der Waals surface area (Å²) >= 11 is 0. The standard InChI is InChI=1S/C36H38N6O5/c37-27(18-23-20-38-28-13-6-4-11-25(23)28)33(43)40-30(19-24-21-39-29-14-7-5-12-26(24)29)35(45)42-16-8-15-32(42)34(44)41-31(36(46)47)17-22-9-2-1-3-10-22/h1-7,9-14,20-21,27,30-32,38-39H,8,15-19,37H2,(H,40,43)(H,41,44)(H,46,47). The van der Waals surface area contributed by atoms with Crippen LogP contribution in [-0.4, -0.2) is 74.4 Å². The molecule has 3 aromatic carbocycles. The molecule has 47 heavy (non-hydrogen) atoms. The van der Waals surface area contributed by atoms with Crippen LogP contribution in [0.1, 0.15) is 29.5 Å². The van der Waals surface area contributed by atoms with Gasteiger partial charge in [0.1, 0.15) is 18.1 Å². The van der Waals surface area contributed by atoms with Crippen molar-refractivity contribution in [3.05, 3.63) is 108 Å². The third-order valence-corrected chi connectivity index (χ3v) is 8.90. The number of nitrogens with two attached hydrogens (primary N) is 1. The molecule has 1 saturated heterocycles. The Hall–Kier alpha value is -5.42. The molecule has 0 bridgehead atoms. The summed E-state index contributed by atoms with van der Waals surface area (Å²) in [5.74, 6) is -2.60. The third kappa shape index (κ3) is 7.05. The first-order chi connectivity index (χ1) is 22.8. The van der Waals surface area contributed by atoms with Gasteiger partial charge in [-0.1, -0.05) is 66.7 Å². The van der Waals surface area contributed by atoms with Gasteiger partial charge in [0.2, 0.25) is 17.7 Å². The maximum atomic E-state index is 14.2. The number of aliphatic carboxylic acids is 1. The lowest BCUT2D eigenvalue weighted by Gasteiger charge is -2.30. The van der Waals surface area contributed by atoms with Crippen LogP contribution in [0.4, 0.5) is 0 Å². The predicted molar refractivity (Wildman–Crippen MR) is 178 cm³/mol. The zero-order valence-electron chi connectivity index (χ0n) is 25.8. The number of aromatic amines is 2. The molecule has 2 aromatic heterocycles. The highest BCUT2D eigenvalue weighted by atomic mass is 16.4. The molecule has 7 N–H and O–H groups in total. The molecule has 1 fully saturated rings. The molecule has 11 nitrogen and oxygen atoms in total. The number of hydrogen-bond acceptors (Lipinski definition) is 5. The van der Waals surface area contributed by atoms with Crippen LogP contribution in [-0.2, 0) is 38.4 Å². The van der Waals surface area contributed by atoms with Gasteiger partial charge in [-0.05, 0) is 48.1 Å². The van der Waals surface area contributed by atoms with Gasteiger partial charge in [-0.15, -0.1) is 0 Å².